The number of hydrogen-bond acceptors (Lipinski definition) is 3. The Labute approximate surface area is 130 Å². The quantitative estimate of drug-likeness (QED) is 0.864. The van der Waals surface area contributed by atoms with Gasteiger partial charge < -0.3 is 4.90 Å². The summed E-state index contributed by atoms with van der Waals surface area (Å²) < 4.78 is 3.78. The molecule has 0 aromatic carbocycles. The second kappa shape index (κ2) is 6.34. The molecule has 0 aliphatic carbocycles. The molecule has 0 saturated carbocycles. The van der Waals surface area contributed by atoms with Crippen LogP contribution >= 0.6 is 0 Å². The molecule has 0 bridgehead atoms. The van der Waals surface area contributed by atoms with Crippen LogP contribution in [0.3, 0.4) is 0 Å². The summed E-state index contributed by atoms with van der Waals surface area (Å²) >= 11 is 0. The second-order valence-corrected chi connectivity index (χ2v) is 6.16. The molecule has 6 nitrogen and oxygen atoms in total. The number of amides is 1. The summed E-state index contributed by atoms with van der Waals surface area (Å²) in [5, 5.41) is 8.54. The number of rotatable bonds is 4. The Bertz CT molecular complexity index is 645. The van der Waals surface area contributed by atoms with Crippen LogP contribution < -0.4 is 0 Å². The molecule has 0 radical (unpaired) electrons. The second-order valence-electron chi connectivity index (χ2n) is 6.16. The standard InChI is InChI=1S/C16H23N5O/c1-13-8-18-21(10-13)15-4-3-7-20(12-15)16(22)6-5-14-9-17-19(2)11-14/h8-11,15H,3-7,12H2,1-2H3. The summed E-state index contributed by atoms with van der Waals surface area (Å²) in [6, 6.07) is 0.310. The number of aromatic nitrogens is 4. The van der Waals surface area contributed by atoms with Gasteiger partial charge in [-0.25, -0.2) is 0 Å². The van der Waals surface area contributed by atoms with Gasteiger partial charge in [-0.1, -0.05) is 0 Å². The minimum Gasteiger partial charge on any atom is -0.341 e. The molecule has 1 aliphatic heterocycles. The molecule has 22 heavy (non-hydrogen) atoms. The van der Waals surface area contributed by atoms with Gasteiger partial charge in [0, 0.05) is 39.0 Å². The monoisotopic (exact) mass is 301 g/mol. The van der Waals surface area contributed by atoms with E-state index in [2.05, 4.69) is 16.4 Å². The fraction of sp³-hybridized carbons (Fsp3) is 0.562. The highest BCUT2D eigenvalue weighted by molar-refractivity contribution is 5.76. The molecule has 1 amide bonds. The van der Waals surface area contributed by atoms with Crippen LogP contribution in [-0.4, -0.2) is 43.5 Å². The molecule has 0 N–H and O–H groups in total. The molecule has 0 spiro atoms. The maximum atomic E-state index is 12.4. The number of aryl methyl sites for hydroxylation is 3. The van der Waals surface area contributed by atoms with Crippen molar-refractivity contribution < 1.29 is 4.79 Å². The van der Waals surface area contributed by atoms with Crippen molar-refractivity contribution in [2.45, 2.75) is 38.6 Å². The topological polar surface area (TPSA) is 56.0 Å². The van der Waals surface area contributed by atoms with Crippen molar-refractivity contribution in [2.75, 3.05) is 13.1 Å². The Kier molecular flexibility index (Phi) is 4.27. The van der Waals surface area contributed by atoms with Crippen molar-refractivity contribution in [3.63, 3.8) is 0 Å². The summed E-state index contributed by atoms with van der Waals surface area (Å²) in [5.74, 6) is 0.234. The van der Waals surface area contributed by atoms with Crippen molar-refractivity contribution in [3.8, 4) is 0 Å². The zero-order chi connectivity index (χ0) is 15.5. The van der Waals surface area contributed by atoms with Crippen molar-refractivity contribution in [1.29, 1.82) is 0 Å². The van der Waals surface area contributed by atoms with Crippen LogP contribution in [0, 0.1) is 6.92 Å². The number of hydrogen-bond donors (Lipinski definition) is 0. The molecule has 2 aromatic rings. The van der Waals surface area contributed by atoms with Crippen molar-refractivity contribution >= 4 is 5.91 Å². The SMILES string of the molecule is Cc1cnn(C2CCCN(C(=O)CCc3cnn(C)c3)C2)c1. The number of nitrogens with zero attached hydrogens (tertiary/aromatic N) is 5. The maximum Gasteiger partial charge on any atom is 0.222 e. The Morgan fingerprint density at radius 3 is 2.86 bits per heavy atom. The van der Waals surface area contributed by atoms with Gasteiger partial charge in [0.05, 0.1) is 18.4 Å². The van der Waals surface area contributed by atoms with Crippen LogP contribution in [0.2, 0.25) is 0 Å². The third-order valence-corrected chi connectivity index (χ3v) is 4.24. The Balaban J connectivity index is 1.55. The lowest BCUT2D eigenvalue weighted by molar-refractivity contribution is -0.132. The normalized spacial score (nSPS) is 18.6. The predicted molar refractivity (Wildman–Crippen MR) is 83.3 cm³/mol. The first-order valence-corrected chi connectivity index (χ1v) is 7.88. The number of carbonyl (C=O) groups is 1. The number of likely N-dealkylation sites (tertiary alicyclic amines) is 1. The van der Waals surface area contributed by atoms with Gasteiger partial charge >= 0.3 is 0 Å². The van der Waals surface area contributed by atoms with Gasteiger partial charge in [-0.2, -0.15) is 10.2 Å². The highest BCUT2D eigenvalue weighted by Crippen LogP contribution is 2.22. The maximum absolute atomic E-state index is 12.4. The number of carbonyl (C=O) groups excluding carboxylic acids is 1. The zero-order valence-electron chi connectivity index (χ0n) is 13.3. The molecule has 6 heteroatoms. The van der Waals surface area contributed by atoms with E-state index in [4.69, 9.17) is 0 Å². The summed E-state index contributed by atoms with van der Waals surface area (Å²) in [6.07, 6.45) is 11.2. The molecule has 3 rings (SSSR count). The molecular formula is C16H23N5O. The van der Waals surface area contributed by atoms with Crippen LogP contribution in [0.4, 0.5) is 0 Å². The Hall–Kier alpha value is -2.11. The van der Waals surface area contributed by atoms with E-state index in [-0.39, 0.29) is 5.91 Å². The lowest BCUT2D eigenvalue weighted by atomic mass is 10.0. The van der Waals surface area contributed by atoms with Gasteiger partial charge in [0.25, 0.3) is 0 Å². The summed E-state index contributed by atoms with van der Waals surface area (Å²) in [5.41, 5.74) is 2.28. The van der Waals surface area contributed by atoms with Crippen molar-refractivity contribution in [1.82, 2.24) is 24.5 Å². The molecule has 2 aromatic heterocycles. The lowest BCUT2D eigenvalue weighted by Crippen LogP contribution is -2.40. The van der Waals surface area contributed by atoms with Crippen molar-refractivity contribution in [2.24, 2.45) is 7.05 Å². The first-order valence-electron chi connectivity index (χ1n) is 7.88. The first kappa shape index (κ1) is 14.8. The minimum atomic E-state index is 0.234. The van der Waals surface area contributed by atoms with Gasteiger partial charge in [0.2, 0.25) is 5.91 Å². The average Bonchev–Trinajstić information content (AvgIpc) is 3.13. The van der Waals surface area contributed by atoms with E-state index >= 15 is 0 Å². The lowest BCUT2D eigenvalue weighted by Gasteiger charge is -2.33. The molecule has 1 atom stereocenters. The van der Waals surface area contributed by atoms with Crippen LogP contribution in [0.5, 0.6) is 0 Å². The number of piperidine rings is 1. The molecule has 1 aliphatic rings. The summed E-state index contributed by atoms with van der Waals surface area (Å²) in [6.45, 7) is 3.68. The van der Waals surface area contributed by atoms with Crippen LogP contribution in [-0.2, 0) is 18.3 Å². The fourth-order valence-electron chi connectivity index (χ4n) is 3.04. The molecule has 1 fully saturated rings. The molecule has 118 valence electrons. The van der Waals surface area contributed by atoms with Gasteiger partial charge in [-0.15, -0.1) is 0 Å². The highest BCUT2D eigenvalue weighted by Gasteiger charge is 2.24. The van der Waals surface area contributed by atoms with Crippen LogP contribution in [0.15, 0.2) is 24.8 Å². The molecule has 1 unspecified atom stereocenters. The predicted octanol–water partition coefficient (Wildman–Crippen LogP) is 1.72. The van der Waals surface area contributed by atoms with E-state index in [1.807, 2.05) is 42.1 Å². The fourth-order valence-corrected chi connectivity index (χ4v) is 3.04. The van der Waals surface area contributed by atoms with E-state index in [9.17, 15) is 4.79 Å². The van der Waals surface area contributed by atoms with Crippen LogP contribution in [0.1, 0.15) is 36.4 Å². The minimum absolute atomic E-state index is 0.234. The Morgan fingerprint density at radius 2 is 2.18 bits per heavy atom. The average molecular weight is 301 g/mol. The smallest absolute Gasteiger partial charge is 0.222 e. The van der Waals surface area contributed by atoms with E-state index < -0.39 is 0 Å². The van der Waals surface area contributed by atoms with Gasteiger partial charge in [0.1, 0.15) is 0 Å². The van der Waals surface area contributed by atoms with Gasteiger partial charge in [-0.3, -0.25) is 14.2 Å². The van der Waals surface area contributed by atoms with Gasteiger partial charge in [-0.05, 0) is 37.3 Å². The highest BCUT2D eigenvalue weighted by atomic mass is 16.2. The zero-order valence-corrected chi connectivity index (χ0v) is 13.3. The molecular weight excluding hydrogens is 278 g/mol. The van der Waals surface area contributed by atoms with E-state index in [1.54, 1.807) is 4.68 Å². The third-order valence-electron chi connectivity index (χ3n) is 4.24. The van der Waals surface area contributed by atoms with Gasteiger partial charge in [0.15, 0.2) is 0 Å². The van der Waals surface area contributed by atoms with E-state index in [0.29, 0.717) is 12.5 Å². The largest absolute Gasteiger partial charge is 0.341 e. The first-order chi connectivity index (χ1) is 10.6. The molecule has 1 saturated heterocycles. The third kappa shape index (κ3) is 3.37. The van der Waals surface area contributed by atoms with E-state index in [1.165, 1.54) is 5.56 Å². The molecule has 3 heterocycles. The Morgan fingerprint density at radius 1 is 1.32 bits per heavy atom. The summed E-state index contributed by atoms with van der Waals surface area (Å²) in [4.78, 5) is 14.4. The van der Waals surface area contributed by atoms with Crippen LogP contribution in [0.25, 0.3) is 0 Å². The van der Waals surface area contributed by atoms with Crippen molar-refractivity contribution in [3.05, 3.63) is 35.9 Å². The van der Waals surface area contributed by atoms with E-state index in [0.717, 1.165) is 37.9 Å². The summed E-state index contributed by atoms with van der Waals surface area (Å²) in [7, 11) is 1.90.